The molecule has 1 saturated heterocycles. The average molecular weight is 273 g/mol. The number of aromatic nitrogens is 2. The lowest BCUT2D eigenvalue weighted by Gasteiger charge is -2.23. The van der Waals surface area contributed by atoms with E-state index in [1.54, 1.807) is 11.3 Å². The smallest absolute Gasteiger partial charge is 0.0794 e. The monoisotopic (exact) mass is 273 g/mol. The third-order valence-corrected chi connectivity index (χ3v) is 4.62. The van der Waals surface area contributed by atoms with Crippen molar-refractivity contribution in [3.63, 3.8) is 0 Å². The summed E-state index contributed by atoms with van der Waals surface area (Å²) in [6.07, 6.45) is 10.9. The average Bonchev–Trinajstić information content (AvgIpc) is 3.10. The minimum absolute atomic E-state index is 0.732. The summed E-state index contributed by atoms with van der Waals surface area (Å²) in [5, 5.41) is 0. The Bertz CT molecular complexity index is 483. The summed E-state index contributed by atoms with van der Waals surface area (Å²) in [6, 6.07) is 4.99. The van der Waals surface area contributed by atoms with E-state index in [2.05, 4.69) is 27.0 Å². The Hall–Kier alpha value is -1.26. The number of pyridine rings is 1. The minimum Gasteiger partial charge on any atom is -0.295 e. The topological polar surface area (TPSA) is 29.0 Å². The maximum absolute atomic E-state index is 4.17. The molecule has 2 aromatic heterocycles. The van der Waals surface area contributed by atoms with Crippen LogP contribution in [0.1, 0.15) is 29.7 Å². The van der Waals surface area contributed by atoms with Gasteiger partial charge in [0.05, 0.1) is 5.51 Å². The maximum atomic E-state index is 4.17. The van der Waals surface area contributed by atoms with Crippen molar-refractivity contribution < 1.29 is 0 Å². The van der Waals surface area contributed by atoms with Gasteiger partial charge >= 0.3 is 0 Å². The van der Waals surface area contributed by atoms with Crippen molar-refractivity contribution >= 4 is 11.3 Å². The van der Waals surface area contributed by atoms with Gasteiger partial charge in [-0.2, -0.15) is 0 Å². The van der Waals surface area contributed by atoms with E-state index in [4.69, 9.17) is 0 Å². The van der Waals surface area contributed by atoms with E-state index in [1.807, 2.05) is 24.1 Å². The van der Waals surface area contributed by atoms with Gasteiger partial charge in [-0.25, -0.2) is 0 Å². The van der Waals surface area contributed by atoms with Gasteiger partial charge in [-0.3, -0.25) is 14.9 Å². The van der Waals surface area contributed by atoms with Gasteiger partial charge in [0, 0.05) is 36.1 Å². The Morgan fingerprint density at radius 3 is 2.95 bits per heavy atom. The molecule has 1 aliphatic rings. The molecule has 0 spiro atoms. The molecule has 1 aliphatic heterocycles. The van der Waals surface area contributed by atoms with Crippen LogP contribution in [-0.2, 0) is 13.0 Å². The van der Waals surface area contributed by atoms with Gasteiger partial charge in [-0.05, 0) is 49.9 Å². The summed E-state index contributed by atoms with van der Waals surface area (Å²) in [5.74, 6) is 0. The van der Waals surface area contributed by atoms with Crippen LogP contribution in [0.15, 0.2) is 36.2 Å². The van der Waals surface area contributed by atoms with Crippen LogP contribution in [0.25, 0.3) is 0 Å². The number of likely N-dealkylation sites (tertiary alicyclic amines) is 1. The van der Waals surface area contributed by atoms with Crippen LogP contribution in [0.5, 0.6) is 0 Å². The van der Waals surface area contributed by atoms with Crippen molar-refractivity contribution in [2.75, 3.05) is 6.54 Å². The van der Waals surface area contributed by atoms with Crippen LogP contribution < -0.4 is 0 Å². The summed E-state index contributed by atoms with van der Waals surface area (Å²) in [5.41, 5.74) is 3.33. The van der Waals surface area contributed by atoms with Crippen molar-refractivity contribution in [1.29, 1.82) is 0 Å². The SMILES string of the molecule is c1cc(CC[C@H]2CCCN2Cc2cncs2)ccn1. The number of hydrogen-bond acceptors (Lipinski definition) is 4. The number of rotatable bonds is 5. The highest BCUT2D eigenvalue weighted by molar-refractivity contribution is 7.09. The summed E-state index contributed by atoms with van der Waals surface area (Å²) < 4.78 is 0. The fourth-order valence-corrected chi connectivity index (χ4v) is 3.45. The van der Waals surface area contributed by atoms with E-state index in [9.17, 15) is 0 Å². The Morgan fingerprint density at radius 2 is 2.16 bits per heavy atom. The van der Waals surface area contributed by atoms with Gasteiger partial charge in [0.2, 0.25) is 0 Å². The van der Waals surface area contributed by atoms with Crippen LogP contribution in [-0.4, -0.2) is 27.5 Å². The Morgan fingerprint density at radius 1 is 1.26 bits per heavy atom. The third kappa shape index (κ3) is 3.39. The molecule has 1 fully saturated rings. The van der Waals surface area contributed by atoms with Gasteiger partial charge in [0.25, 0.3) is 0 Å². The first-order valence-electron chi connectivity index (χ1n) is 6.92. The fraction of sp³-hybridized carbons (Fsp3) is 0.467. The van der Waals surface area contributed by atoms with Crippen molar-refractivity contribution in [1.82, 2.24) is 14.9 Å². The maximum Gasteiger partial charge on any atom is 0.0794 e. The fourth-order valence-electron chi connectivity index (χ4n) is 2.83. The molecular formula is C15H19N3S. The lowest BCUT2D eigenvalue weighted by atomic mass is 10.0. The van der Waals surface area contributed by atoms with Gasteiger partial charge in [0.1, 0.15) is 0 Å². The summed E-state index contributed by atoms with van der Waals surface area (Å²) in [4.78, 5) is 12.2. The zero-order chi connectivity index (χ0) is 12.9. The zero-order valence-corrected chi connectivity index (χ0v) is 11.9. The van der Waals surface area contributed by atoms with Crippen molar-refractivity contribution in [2.24, 2.45) is 0 Å². The third-order valence-electron chi connectivity index (χ3n) is 3.86. The highest BCUT2D eigenvalue weighted by atomic mass is 32.1. The normalized spacial score (nSPS) is 19.9. The van der Waals surface area contributed by atoms with E-state index in [-0.39, 0.29) is 0 Å². The molecule has 0 bridgehead atoms. The van der Waals surface area contributed by atoms with E-state index < -0.39 is 0 Å². The molecule has 2 aromatic rings. The predicted molar refractivity (Wildman–Crippen MR) is 78.1 cm³/mol. The van der Waals surface area contributed by atoms with Crippen LogP contribution in [0.4, 0.5) is 0 Å². The standard InChI is InChI=1S/C15H19N3S/c1-2-14(4-3-13-5-7-16-8-6-13)18(9-1)11-15-10-17-12-19-15/h5-8,10,12,14H,1-4,9,11H2/t14-/m1/s1. The van der Waals surface area contributed by atoms with E-state index in [0.29, 0.717) is 0 Å². The Kier molecular flexibility index (Phi) is 4.20. The van der Waals surface area contributed by atoms with Gasteiger partial charge in [0.15, 0.2) is 0 Å². The number of thiazole rings is 1. The predicted octanol–water partition coefficient (Wildman–Crippen LogP) is 3.14. The molecule has 3 nitrogen and oxygen atoms in total. The molecule has 0 aliphatic carbocycles. The molecule has 0 N–H and O–H groups in total. The lowest BCUT2D eigenvalue weighted by molar-refractivity contribution is 0.236. The molecule has 0 amide bonds. The number of aryl methyl sites for hydroxylation is 1. The molecule has 0 radical (unpaired) electrons. The van der Waals surface area contributed by atoms with Crippen molar-refractivity contribution in [3.8, 4) is 0 Å². The van der Waals surface area contributed by atoms with Crippen LogP contribution >= 0.6 is 11.3 Å². The van der Waals surface area contributed by atoms with Crippen LogP contribution in [0.3, 0.4) is 0 Å². The molecule has 100 valence electrons. The Balaban J connectivity index is 1.55. The molecule has 0 unspecified atom stereocenters. The quantitative estimate of drug-likeness (QED) is 0.838. The molecule has 3 rings (SSSR count). The van der Waals surface area contributed by atoms with Crippen LogP contribution in [0, 0.1) is 0 Å². The molecular weight excluding hydrogens is 254 g/mol. The molecule has 0 aromatic carbocycles. The van der Waals surface area contributed by atoms with Gasteiger partial charge in [-0.15, -0.1) is 11.3 Å². The second kappa shape index (κ2) is 6.26. The van der Waals surface area contributed by atoms with Crippen LogP contribution in [0.2, 0.25) is 0 Å². The second-order valence-electron chi connectivity index (χ2n) is 5.13. The summed E-state index contributed by atoms with van der Waals surface area (Å²) in [7, 11) is 0. The van der Waals surface area contributed by atoms with E-state index in [1.165, 1.54) is 36.2 Å². The van der Waals surface area contributed by atoms with E-state index in [0.717, 1.165) is 19.0 Å². The molecule has 4 heteroatoms. The summed E-state index contributed by atoms with van der Waals surface area (Å²) >= 11 is 1.77. The Labute approximate surface area is 118 Å². The molecule has 3 heterocycles. The number of hydrogen-bond donors (Lipinski definition) is 0. The number of nitrogens with zero attached hydrogens (tertiary/aromatic N) is 3. The van der Waals surface area contributed by atoms with Crippen molar-refractivity contribution in [3.05, 3.63) is 46.7 Å². The molecule has 0 saturated carbocycles. The first-order valence-corrected chi connectivity index (χ1v) is 7.80. The first kappa shape index (κ1) is 12.8. The first-order chi connectivity index (χ1) is 9.42. The summed E-state index contributed by atoms with van der Waals surface area (Å²) in [6.45, 7) is 2.31. The molecule has 1 atom stereocenters. The lowest BCUT2D eigenvalue weighted by Crippen LogP contribution is -2.29. The van der Waals surface area contributed by atoms with Gasteiger partial charge < -0.3 is 0 Å². The zero-order valence-electron chi connectivity index (χ0n) is 11.0. The molecule has 19 heavy (non-hydrogen) atoms. The highest BCUT2D eigenvalue weighted by Gasteiger charge is 2.24. The van der Waals surface area contributed by atoms with Crippen molar-refractivity contribution in [2.45, 2.75) is 38.3 Å². The second-order valence-corrected chi connectivity index (χ2v) is 6.10. The highest BCUT2D eigenvalue weighted by Crippen LogP contribution is 2.24. The van der Waals surface area contributed by atoms with Gasteiger partial charge in [-0.1, -0.05) is 0 Å². The largest absolute Gasteiger partial charge is 0.295 e. The van der Waals surface area contributed by atoms with E-state index >= 15 is 0 Å². The minimum atomic E-state index is 0.732.